The fraction of sp³-hybridized carbons (Fsp3) is 0.200. The number of alkyl halides is 2. The lowest BCUT2D eigenvalue weighted by molar-refractivity contribution is 0.151. The van der Waals surface area contributed by atoms with Gasteiger partial charge in [0.25, 0.3) is 6.43 Å². The van der Waals surface area contributed by atoms with E-state index in [1.165, 1.54) is 6.29 Å². The van der Waals surface area contributed by atoms with Gasteiger partial charge in [-0.15, -0.1) is 11.3 Å². The molecule has 5 heteroatoms. The molecule has 0 amide bonds. The Hall–Kier alpha value is -0.840. The van der Waals surface area contributed by atoms with Crippen LogP contribution in [0.15, 0.2) is 6.20 Å². The first-order valence-corrected chi connectivity index (χ1v) is 3.17. The molecule has 0 saturated heterocycles. The lowest BCUT2D eigenvalue weighted by Gasteiger charge is -1.86. The van der Waals surface area contributed by atoms with Gasteiger partial charge < -0.3 is 0 Å². The van der Waals surface area contributed by atoms with Gasteiger partial charge >= 0.3 is 0 Å². The fourth-order valence-corrected chi connectivity index (χ4v) is 1.00. The molecular formula is C5H2F2NOS. The van der Waals surface area contributed by atoms with Crippen LogP contribution in [0.25, 0.3) is 0 Å². The van der Waals surface area contributed by atoms with Crippen LogP contribution in [0.2, 0.25) is 0 Å². The quantitative estimate of drug-likeness (QED) is 0.660. The van der Waals surface area contributed by atoms with Crippen LogP contribution in [0.1, 0.15) is 16.3 Å². The minimum absolute atomic E-state index is 0.107. The Morgan fingerprint density at radius 2 is 2.40 bits per heavy atom. The molecule has 0 spiro atoms. The summed E-state index contributed by atoms with van der Waals surface area (Å²) in [7, 11) is 0. The average molecular weight is 162 g/mol. The van der Waals surface area contributed by atoms with Crippen LogP contribution in [-0.2, 0) is 4.79 Å². The lowest BCUT2D eigenvalue weighted by Crippen LogP contribution is -1.77. The Bertz CT molecular complexity index is 235. The summed E-state index contributed by atoms with van der Waals surface area (Å²) >= 11 is 0.656. The zero-order valence-corrected chi connectivity index (χ0v) is 5.49. The van der Waals surface area contributed by atoms with Gasteiger partial charge in [0.1, 0.15) is 0 Å². The number of thiazole rings is 1. The molecule has 0 fully saturated rings. The number of carbonyl (C=O) groups excluding carboxylic acids is 1. The van der Waals surface area contributed by atoms with Crippen LogP contribution in [0.3, 0.4) is 0 Å². The summed E-state index contributed by atoms with van der Waals surface area (Å²) in [6.45, 7) is 0. The number of aromatic nitrogens is 1. The molecule has 0 atom stereocenters. The predicted octanol–water partition coefficient (Wildman–Crippen LogP) is 1.54. The van der Waals surface area contributed by atoms with Crippen LogP contribution in [0, 0.1) is 0 Å². The molecule has 1 heterocycles. The largest absolute Gasteiger partial charge is 0.289 e. The summed E-state index contributed by atoms with van der Waals surface area (Å²) in [6.07, 6.45) is -0.0332. The van der Waals surface area contributed by atoms with Gasteiger partial charge in [-0.05, 0) is 0 Å². The van der Waals surface area contributed by atoms with E-state index < -0.39 is 6.43 Å². The molecular weight excluding hydrogens is 160 g/mol. The molecule has 0 aliphatic rings. The van der Waals surface area contributed by atoms with Crippen molar-refractivity contribution in [2.75, 3.05) is 0 Å². The summed E-state index contributed by atoms with van der Waals surface area (Å²) in [5.41, 5.74) is 0. The monoisotopic (exact) mass is 162 g/mol. The SMILES string of the molecule is O=[C]c1cnc(C(F)F)s1. The number of nitrogens with zero attached hydrogens (tertiary/aromatic N) is 1. The third-order valence-corrected chi connectivity index (χ3v) is 1.71. The highest BCUT2D eigenvalue weighted by Gasteiger charge is 2.11. The normalized spacial score (nSPS) is 10.3. The number of rotatable bonds is 2. The van der Waals surface area contributed by atoms with E-state index in [4.69, 9.17) is 0 Å². The van der Waals surface area contributed by atoms with Gasteiger partial charge in [0.05, 0.1) is 4.88 Å². The van der Waals surface area contributed by atoms with Crippen molar-refractivity contribution in [3.8, 4) is 0 Å². The molecule has 0 unspecified atom stereocenters. The van der Waals surface area contributed by atoms with Gasteiger partial charge in [0, 0.05) is 6.20 Å². The summed E-state index contributed by atoms with van der Waals surface area (Å²) in [4.78, 5) is 13.2. The van der Waals surface area contributed by atoms with Crippen molar-refractivity contribution in [3.05, 3.63) is 16.1 Å². The van der Waals surface area contributed by atoms with Crippen molar-refractivity contribution in [1.29, 1.82) is 0 Å². The Labute approximate surface area is 59.5 Å². The fourth-order valence-electron chi connectivity index (χ4n) is 0.436. The first kappa shape index (κ1) is 7.27. The lowest BCUT2D eigenvalue weighted by atomic mass is 10.6. The van der Waals surface area contributed by atoms with Crippen molar-refractivity contribution in [1.82, 2.24) is 4.98 Å². The molecule has 0 aliphatic heterocycles. The van der Waals surface area contributed by atoms with Gasteiger partial charge in [-0.25, -0.2) is 13.8 Å². The highest BCUT2D eigenvalue weighted by molar-refractivity contribution is 7.13. The van der Waals surface area contributed by atoms with E-state index >= 15 is 0 Å². The molecule has 53 valence electrons. The molecule has 1 rings (SSSR count). The van der Waals surface area contributed by atoms with E-state index in [1.54, 1.807) is 0 Å². The number of halogens is 2. The average Bonchev–Trinajstić information content (AvgIpc) is 2.34. The minimum Gasteiger partial charge on any atom is -0.284 e. The van der Waals surface area contributed by atoms with Gasteiger partial charge in [-0.3, -0.25) is 4.79 Å². The molecule has 0 bridgehead atoms. The maximum absolute atomic E-state index is 11.7. The molecule has 1 radical (unpaired) electrons. The minimum atomic E-state index is -2.59. The van der Waals surface area contributed by atoms with Crippen LogP contribution in [0.4, 0.5) is 8.78 Å². The van der Waals surface area contributed by atoms with E-state index in [0.29, 0.717) is 11.3 Å². The predicted molar refractivity (Wildman–Crippen MR) is 31.9 cm³/mol. The van der Waals surface area contributed by atoms with Gasteiger partial charge in [0.15, 0.2) is 5.01 Å². The van der Waals surface area contributed by atoms with Crippen molar-refractivity contribution >= 4 is 17.6 Å². The number of hydrogen-bond donors (Lipinski definition) is 0. The zero-order chi connectivity index (χ0) is 7.56. The van der Waals surface area contributed by atoms with E-state index in [0.717, 1.165) is 6.20 Å². The Morgan fingerprint density at radius 3 is 2.70 bits per heavy atom. The molecule has 1 aromatic heterocycles. The second kappa shape index (κ2) is 2.83. The Morgan fingerprint density at radius 1 is 1.70 bits per heavy atom. The van der Waals surface area contributed by atoms with E-state index in [2.05, 4.69) is 4.98 Å². The summed E-state index contributed by atoms with van der Waals surface area (Å²) in [6, 6.07) is 0. The summed E-state index contributed by atoms with van der Waals surface area (Å²) < 4.78 is 23.5. The summed E-state index contributed by atoms with van der Waals surface area (Å²) in [5, 5.41) is -0.335. The Kier molecular flexibility index (Phi) is 2.06. The van der Waals surface area contributed by atoms with Gasteiger partial charge in [0.2, 0.25) is 6.29 Å². The van der Waals surface area contributed by atoms with Gasteiger partial charge in [-0.2, -0.15) is 0 Å². The van der Waals surface area contributed by atoms with Crippen LogP contribution in [0.5, 0.6) is 0 Å². The van der Waals surface area contributed by atoms with Crippen LogP contribution in [-0.4, -0.2) is 11.3 Å². The van der Waals surface area contributed by atoms with Crippen molar-refractivity contribution < 1.29 is 13.6 Å². The van der Waals surface area contributed by atoms with Crippen LogP contribution < -0.4 is 0 Å². The highest BCUT2D eigenvalue weighted by atomic mass is 32.1. The third-order valence-electron chi connectivity index (χ3n) is 0.811. The maximum atomic E-state index is 11.7. The van der Waals surface area contributed by atoms with Crippen molar-refractivity contribution in [2.24, 2.45) is 0 Å². The molecule has 2 nitrogen and oxygen atoms in total. The molecule has 0 aliphatic carbocycles. The second-order valence-corrected chi connectivity index (χ2v) is 2.53. The highest BCUT2D eigenvalue weighted by Crippen LogP contribution is 2.22. The van der Waals surface area contributed by atoms with Gasteiger partial charge in [-0.1, -0.05) is 0 Å². The summed E-state index contributed by atoms with van der Waals surface area (Å²) in [5.74, 6) is 0. The Balaban J connectivity index is 2.88. The smallest absolute Gasteiger partial charge is 0.284 e. The number of hydrogen-bond acceptors (Lipinski definition) is 3. The van der Waals surface area contributed by atoms with Crippen molar-refractivity contribution in [2.45, 2.75) is 6.43 Å². The third kappa shape index (κ3) is 1.36. The molecule has 0 N–H and O–H groups in total. The standard InChI is InChI=1S/C5H2F2NOS/c6-4(7)5-8-1-3(2-9)10-5/h1,4H. The van der Waals surface area contributed by atoms with Crippen molar-refractivity contribution in [3.63, 3.8) is 0 Å². The molecule has 0 saturated carbocycles. The van der Waals surface area contributed by atoms with E-state index in [-0.39, 0.29) is 9.88 Å². The van der Waals surface area contributed by atoms with E-state index in [9.17, 15) is 13.6 Å². The maximum Gasteiger partial charge on any atom is 0.289 e. The molecule has 10 heavy (non-hydrogen) atoms. The molecule has 1 aromatic rings. The first-order valence-electron chi connectivity index (χ1n) is 2.36. The topological polar surface area (TPSA) is 30.0 Å². The second-order valence-electron chi connectivity index (χ2n) is 1.47. The van der Waals surface area contributed by atoms with E-state index in [1.807, 2.05) is 0 Å². The van der Waals surface area contributed by atoms with Crippen LogP contribution >= 0.6 is 11.3 Å². The first-order chi connectivity index (χ1) is 4.74. The zero-order valence-electron chi connectivity index (χ0n) is 4.67. The molecule has 0 aromatic carbocycles.